The van der Waals surface area contributed by atoms with Gasteiger partial charge in [-0.3, -0.25) is 9.69 Å². The molecule has 1 aromatic rings. The number of aliphatic hydroxyl groups is 1. The molecule has 0 saturated carbocycles. The van der Waals surface area contributed by atoms with Crippen LogP contribution in [0.15, 0.2) is 10.7 Å². The first-order chi connectivity index (χ1) is 8.02. The smallest absolute Gasteiger partial charge is 0.230 e. The van der Waals surface area contributed by atoms with Crippen LogP contribution in [0.4, 0.5) is 11.5 Å². The van der Waals surface area contributed by atoms with Crippen molar-refractivity contribution in [1.29, 1.82) is 5.26 Å². The van der Waals surface area contributed by atoms with Crippen LogP contribution in [0, 0.1) is 11.3 Å². The number of hydrogen-bond donors (Lipinski definition) is 2. The molecule has 88 valence electrons. The fraction of sp³-hybridized carbons (Fsp3) is 0.300. The molecule has 1 unspecified atom stereocenters. The SMILES string of the molecule is N#Cc1c(N)cc(N2CC(O)CC2=O)nc1Br. The van der Waals surface area contributed by atoms with Crippen LogP contribution in [0.1, 0.15) is 12.0 Å². The fourth-order valence-corrected chi connectivity index (χ4v) is 2.18. The molecule has 0 spiro atoms. The normalized spacial score (nSPS) is 19.5. The highest BCUT2D eigenvalue weighted by Crippen LogP contribution is 2.27. The van der Waals surface area contributed by atoms with Gasteiger partial charge in [0, 0.05) is 6.07 Å². The van der Waals surface area contributed by atoms with Gasteiger partial charge in [-0.1, -0.05) is 0 Å². The Hall–Kier alpha value is -1.65. The van der Waals surface area contributed by atoms with E-state index in [9.17, 15) is 9.90 Å². The van der Waals surface area contributed by atoms with Crippen molar-refractivity contribution in [2.75, 3.05) is 17.2 Å². The molecule has 0 bridgehead atoms. The van der Waals surface area contributed by atoms with Crippen LogP contribution >= 0.6 is 15.9 Å². The van der Waals surface area contributed by atoms with Gasteiger partial charge < -0.3 is 10.8 Å². The number of carbonyl (C=O) groups is 1. The summed E-state index contributed by atoms with van der Waals surface area (Å²) in [5.74, 6) is 0.135. The zero-order valence-corrected chi connectivity index (χ0v) is 10.3. The summed E-state index contributed by atoms with van der Waals surface area (Å²) < 4.78 is 0.296. The van der Waals surface area contributed by atoms with E-state index in [-0.39, 0.29) is 30.1 Å². The van der Waals surface area contributed by atoms with Crippen LogP contribution in [-0.2, 0) is 4.79 Å². The zero-order chi connectivity index (χ0) is 12.6. The Bertz CT molecular complexity index is 503. The lowest BCUT2D eigenvalue weighted by Crippen LogP contribution is -2.26. The number of carbonyl (C=O) groups excluding carboxylic acids is 1. The maximum Gasteiger partial charge on any atom is 0.230 e. The molecule has 2 heterocycles. The number of nitrogen functional groups attached to an aromatic ring is 1. The first-order valence-electron chi connectivity index (χ1n) is 4.87. The highest BCUT2D eigenvalue weighted by atomic mass is 79.9. The summed E-state index contributed by atoms with van der Waals surface area (Å²) in [4.78, 5) is 17.0. The summed E-state index contributed by atoms with van der Waals surface area (Å²) in [6, 6.07) is 3.37. The average Bonchev–Trinajstić information content (AvgIpc) is 2.57. The summed E-state index contributed by atoms with van der Waals surface area (Å²) in [6.07, 6.45) is -0.598. The van der Waals surface area contributed by atoms with Crippen molar-refractivity contribution in [3.63, 3.8) is 0 Å². The number of hydrogen-bond acceptors (Lipinski definition) is 5. The van der Waals surface area contributed by atoms with Gasteiger partial charge in [0.15, 0.2) is 0 Å². The minimum absolute atomic E-state index is 0.0825. The number of pyridine rings is 1. The van der Waals surface area contributed by atoms with Gasteiger partial charge in [0.2, 0.25) is 5.91 Å². The van der Waals surface area contributed by atoms with E-state index in [2.05, 4.69) is 20.9 Å². The van der Waals surface area contributed by atoms with Crippen molar-refractivity contribution in [1.82, 2.24) is 4.98 Å². The second-order valence-electron chi connectivity index (χ2n) is 3.71. The quantitative estimate of drug-likeness (QED) is 0.730. The first-order valence-corrected chi connectivity index (χ1v) is 5.66. The summed E-state index contributed by atoms with van der Waals surface area (Å²) in [5.41, 5.74) is 6.17. The minimum Gasteiger partial charge on any atom is -0.397 e. The molecular formula is C10H9BrN4O2. The number of nitriles is 1. The summed E-state index contributed by atoms with van der Waals surface area (Å²) in [7, 11) is 0. The number of rotatable bonds is 1. The van der Waals surface area contributed by atoms with E-state index < -0.39 is 6.10 Å². The lowest BCUT2D eigenvalue weighted by atomic mass is 10.2. The molecule has 1 aromatic heterocycles. The van der Waals surface area contributed by atoms with Crippen LogP contribution in [-0.4, -0.2) is 28.6 Å². The number of amides is 1. The van der Waals surface area contributed by atoms with E-state index in [0.29, 0.717) is 10.4 Å². The van der Waals surface area contributed by atoms with Crippen LogP contribution in [0.3, 0.4) is 0 Å². The third kappa shape index (κ3) is 2.09. The molecule has 2 rings (SSSR count). The van der Waals surface area contributed by atoms with Gasteiger partial charge in [0.05, 0.1) is 24.8 Å². The lowest BCUT2D eigenvalue weighted by Gasteiger charge is -2.16. The fourth-order valence-electron chi connectivity index (χ4n) is 1.68. The molecule has 3 N–H and O–H groups in total. The molecule has 6 nitrogen and oxygen atoms in total. The van der Waals surface area contributed by atoms with Crippen molar-refractivity contribution >= 4 is 33.3 Å². The number of nitrogens with zero attached hydrogens (tertiary/aromatic N) is 3. The van der Waals surface area contributed by atoms with E-state index in [1.165, 1.54) is 11.0 Å². The minimum atomic E-state index is -0.681. The van der Waals surface area contributed by atoms with Crippen LogP contribution < -0.4 is 10.6 Å². The number of anilines is 2. The number of halogens is 1. The van der Waals surface area contributed by atoms with Crippen molar-refractivity contribution in [3.05, 3.63) is 16.2 Å². The van der Waals surface area contributed by atoms with Crippen molar-refractivity contribution in [2.24, 2.45) is 0 Å². The highest BCUT2D eigenvalue weighted by Gasteiger charge is 2.30. The van der Waals surface area contributed by atoms with Gasteiger partial charge in [-0.05, 0) is 15.9 Å². The van der Waals surface area contributed by atoms with Crippen molar-refractivity contribution < 1.29 is 9.90 Å². The Morgan fingerprint density at radius 2 is 2.41 bits per heavy atom. The third-order valence-electron chi connectivity index (χ3n) is 2.49. The Labute approximate surface area is 106 Å². The van der Waals surface area contributed by atoms with Crippen molar-refractivity contribution in [3.8, 4) is 6.07 Å². The molecular weight excluding hydrogens is 288 g/mol. The van der Waals surface area contributed by atoms with Gasteiger partial charge in [-0.2, -0.15) is 5.26 Å². The van der Waals surface area contributed by atoms with E-state index in [1.807, 2.05) is 6.07 Å². The molecule has 0 aliphatic carbocycles. The van der Waals surface area contributed by atoms with E-state index >= 15 is 0 Å². The van der Waals surface area contributed by atoms with Crippen LogP contribution in [0.5, 0.6) is 0 Å². The molecule has 1 saturated heterocycles. The standard InChI is InChI=1S/C10H9BrN4O2/c11-10-6(3-12)7(13)2-8(14-10)15-4-5(16)1-9(15)17/h2,5,16H,1,4H2,(H2,13,14). The van der Waals surface area contributed by atoms with E-state index in [1.54, 1.807) is 0 Å². The molecule has 0 aromatic carbocycles. The molecule has 0 radical (unpaired) electrons. The second kappa shape index (κ2) is 4.31. The van der Waals surface area contributed by atoms with Gasteiger partial charge >= 0.3 is 0 Å². The summed E-state index contributed by atoms with van der Waals surface area (Å²) in [5, 5.41) is 18.2. The Morgan fingerprint density at radius 1 is 1.71 bits per heavy atom. The van der Waals surface area contributed by atoms with Gasteiger partial charge in [-0.25, -0.2) is 4.98 Å². The Kier molecular flexibility index (Phi) is 3.00. The second-order valence-corrected chi connectivity index (χ2v) is 4.46. The molecule has 1 aliphatic rings. The third-order valence-corrected chi connectivity index (χ3v) is 3.06. The predicted molar refractivity (Wildman–Crippen MR) is 64.0 cm³/mol. The molecule has 1 amide bonds. The molecule has 17 heavy (non-hydrogen) atoms. The molecule has 7 heteroatoms. The topological polar surface area (TPSA) is 103 Å². The number of aromatic nitrogens is 1. The average molecular weight is 297 g/mol. The van der Waals surface area contributed by atoms with Crippen LogP contribution in [0.2, 0.25) is 0 Å². The maximum atomic E-state index is 11.6. The van der Waals surface area contributed by atoms with Gasteiger partial charge in [0.1, 0.15) is 22.1 Å². The monoisotopic (exact) mass is 296 g/mol. The summed E-state index contributed by atoms with van der Waals surface area (Å²) in [6.45, 7) is 0.198. The molecule has 1 atom stereocenters. The zero-order valence-electron chi connectivity index (χ0n) is 8.72. The highest BCUT2D eigenvalue weighted by molar-refractivity contribution is 9.10. The molecule has 1 fully saturated rings. The lowest BCUT2D eigenvalue weighted by molar-refractivity contribution is -0.117. The number of nitrogens with two attached hydrogens (primary N) is 1. The number of β-amino-alcohol motifs (C(OH)–C–C–N with tert-alkyl or cyclic N) is 1. The van der Waals surface area contributed by atoms with Crippen LogP contribution in [0.25, 0.3) is 0 Å². The maximum absolute atomic E-state index is 11.6. The van der Waals surface area contributed by atoms with Gasteiger partial charge in [-0.15, -0.1) is 0 Å². The van der Waals surface area contributed by atoms with Gasteiger partial charge in [0.25, 0.3) is 0 Å². The summed E-state index contributed by atoms with van der Waals surface area (Å²) >= 11 is 3.13. The molecule has 1 aliphatic heterocycles. The predicted octanol–water partition coefficient (Wildman–Crippen LogP) is 0.396. The van der Waals surface area contributed by atoms with E-state index in [0.717, 1.165) is 0 Å². The van der Waals surface area contributed by atoms with E-state index in [4.69, 9.17) is 11.0 Å². The first kappa shape index (κ1) is 11.8. The van der Waals surface area contributed by atoms with Crippen molar-refractivity contribution in [2.45, 2.75) is 12.5 Å². The number of aliphatic hydroxyl groups excluding tert-OH is 1. The Balaban J connectivity index is 2.42. The Morgan fingerprint density at radius 3 is 2.88 bits per heavy atom. The largest absolute Gasteiger partial charge is 0.397 e.